The molecular weight excluding hydrogens is 384 g/mol. The number of carbonyl (C=O) groups excluding carboxylic acids is 1. The predicted octanol–water partition coefficient (Wildman–Crippen LogP) is 3.78. The van der Waals surface area contributed by atoms with Crippen LogP contribution in [0.1, 0.15) is 23.9 Å². The standard InChI is InChI=1S/C22H26N4O2S/c1-4-28-20-12-10-19(11-13-20)14-25(3)21(27)16-29-22-24-23-17(2)26(22)15-18-8-6-5-7-9-18/h5-13H,4,14-16H2,1-3H3. The SMILES string of the molecule is CCOc1ccc(CN(C)C(=O)CSc2nnc(C)n2Cc2ccccc2)cc1. The molecule has 3 aromatic rings. The first-order chi connectivity index (χ1) is 14.1. The van der Waals surface area contributed by atoms with Gasteiger partial charge >= 0.3 is 0 Å². The van der Waals surface area contributed by atoms with Crippen LogP contribution in [0.15, 0.2) is 59.8 Å². The third kappa shape index (κ3) is 5.84. The number of carbonyl (C=O) groups is 1. The van der Waals surface area contributed by atoms with Gasteiger partial charge in [0.25, 0.3) is 0 Å². The zero-order chi connectivity index (χ0) is 20.6. The van der Waals surface area contributed by atoms with Crippen molar-refractivity contribution in [2.75, 3.05) is 19.4 Å². The molecule has 0 N–H and O–H groups in total. The Morgan fingerprint density at radius 3 is 2.48 bits per heavy atom. The maximum absolute atomic E-state index is 12.6. The van der Waals surface area contributed by atoms with Crippen molar-refractivity contribution in [3.63, 3.8) is 0 Å². The van der Waals surface area contributed by atoms with Crippen molar-refractivity contribution in [2.45, 2.75) is 32.1 Å². The molecule has 0 bridgehead atoms. The van der Waals surface area contributed by atoms with Gasteiger partial charge in [-0.2, -0.15) is 0 Å². The van der Waals surface area contributed by atoms with Gasteiger partial charge in [0.2, 0.25) is 5.91 Å². The summed E-state index contributed by atoms with van der Waals surface area (Å²) in [6.45, 7) is 5.78. The summed E-state index contributed by atoms with van der Waals surface area (Å²) in [5, 5.41) is 9.19. The summed E-state index contributed by atoms with van der Waals surface area (Å²) in [5.41, 5.74) is 2.24. The lowest BCUT2D eigenvalue weighted by Gasteiger charge is -2.17. The first kappa shape index (κ1) is 20.9. The third-order valence-electron chi connectivity index (χ3n) is 4.49. The van der Waals surface area contributed by atoms with Crippen LogP contribution >= 0.6 is 11.8 Å². The number of hydrogen-bond acceptors (Lipinski definition) is 5. The number of thioether (sulfide) groups is 1. The maximum atomic E-state index is 12.6. The van der Waals surface area contributed by atoms with Crippen LogP contribution < -0.4 is 4.74 Å². The summed E-state index contributed by atoms with van der Waals surface area (Å²) < 4.78 is 7.50. The Labute approximate surface area is 175 Å². The number of rotatable bonds is 9. The van der Waals surface area contributed by atoms with Gasteiger partial charge in [0.05, 0.1) is 18.9 Å². The highest BCUT2D eigenvalue weighted by Gasteiger charge is 2.15. The normalized spacial score (nSPS) is 10.7. The van der Waals surface area contributed by atoms with E-state index in [1.54, 1.807) is 4.90 Å². The Morgan fingerprint density at radius 2 is 1.79 bits per heavy atom. The van der Waals surface area contributed by atoms with Crippen LogP contribution in [0.25, 0.3) is 0 Å². The van der Waals surface area contributed by atoms with Gasteiger partial charge in [-0.3, -0.25) is 4.79 Å². The lowest BCUT2D eigenvalue weighted by atomic mass is 10.2. The number of hydrogen-bond donors (Lipinski definition) is 0. The van der Waals surface area contributed by atoms with Crippen molar-refractivity contribution >= 4 is 17.7 Å². The lowest BCUT2D eigenvalue weighted by molar-refractivity contribution is -0.127. The van der Waals surface area contributed by atoms with E-state index in [1.807, 2.05) is 67.9 Å². The third-order valence-corrected chi connectivity index (χ3v) is 5.44. The first-order valence-electron chi connectivity index (χ1n) is 9.59. The van der Waals surface area contributed by atoms with Gasteiger partial charge in [0.1, 0.15) is 11.6 Å². The van der Waals surface area contributed by atoms with Gasteiger partial charge in [0, 0.05) is 13.6 Å². The predicted molar refractivity (Wildman–Crippen MR) is 115 cm³/mol. The van der Waals surface area contributed by atoms with E-state index >= 15 is 0 Å². The molecule has 29 heavy (non-hydrogen) atoms. The molecule has 0 aliphatic rings. The smallest absolute Gasteiger partial charge is 0.233 e. The second-order valence-electron chi connectivity index (χ2n) is 6.72. The van der Waals surface area contributed by atoms with E-state index in [9.17, 15) is 4.79 Å². The van der Waals surface area contributed by atoms with Crippen LogP contribution in [0.2, 0.25) is 0 Å². The second kappa shape index (κ2) is 10.1. The topological polar surface area (TPSA) is 60.2 Å². The molecule has 0 atom stereocenters. The van der Waals surface area contributed by atoms with Crippen LogP contribution in [0.4, 0.5) is 0 Å². The highest BCUT2D eigenvalue weighted by Crippen LogP contribution is 2.20. The molecule has 7 heteroatoms. The molecule has 152 valence electrons. The minimum atomic E-state index is 0.0517. The molecule has 0 aliphatic carbocycles. The maximum Gasteiger partial charge on any atom is 0.233 e. The molecule has 0 saturated carbocycles. The van der Waals surface area contributed by atoms with Gasteiger partial charge in [-0.15, -0.1) is 10.2 Å². The van der Waals surface area contributed by atoms with Crippen molar-refractivity contribution in [1.29, 1.82) is 0 Å². The van der Waals surface area contributed by atoms with Crippen molar-refractivity contribution < 1.29 is 9.53 Å². The molecule has 0 fully saturated rings. The minimum Gasteiger partial charge on any atom is -0.494 e. The Bertz CT molecular complexity index is 926. The van der Waals surface area contributed by atoms with E-state index in [-0.39, 0.29) is 5.91 Å². The van der Waals surface area contributed by atoms with Crippen molar-refractivity contribution in [3.05, 3.63) is 71.5 Å². The van der Waals surface area contributed by atoms with Gasteiger partial charge in [-0.25, -0.2) is 0 Å². The van der Waals surface area contributed by atoms with Gasteiger partial charge in [0.15, 0.2) is 5.16 Å². The highest BCUT2D eigenvalue weighted by atomic mass is 32.2. The average molecular weight is 411 g/mol. The van der Waals surface area contributed by atoms with Crippen molar-refractivity contribution in [3.8, 4) is 5.75 Å². The number of benzene rings is 2. The molecule has 0 spiro atoms. The average Bonchev–Trinajstić information content (AvgIpc) is 3.08. The molecule has 0 radical (unpaired) electrons. The number of aromatic nitrogens is 3. The largest absolute Gasteiger partial charge is 0.494 e. The quantitative estimate of drug-likeness (QED) is 0.503. The summed E-state index contributed by atoms with van der Waals surface area (Å²) in [6.07, 6.45) is 0. The van der Waals surface area contributed by atoms with Crippen LogP contribution in [0.5, 0.6) is 5.75 Å². The molecule has 0 unspecified atom stereocenters. The van der Waals surface area contributed by atoms with Gasteiger partial charge in [-0.05, 0) is 37.1 Å². The summed E-state index contributed by atoms with van der Waals surface area (Å²) in [7, 11) is 1.82. The molecule has 3 rings (SSSR count). The molecule has 1 heterocycles. The Hall–Kier alpha value is -2.80. The zero-order valence-electron chi connectivity index (χ0n) is 17.0. The van der Waals surface area contributed by atoms with E-state index in [4.69, 9.17) is 4.74 Å². The number of amides is 1. The van der Waals surface area contributed by atoms with Crippen molar-refractivity contribution in [1.82, 2.24) is 19.7 Å². The fourth-order valence-corrected chi connectivity index (χ4v) is 3.80. The summed E-state index contributed by atoms with van der Waals surface area (Å²) in [4.78, 5) is 14.3. The van der Waals surface area contributed by atoms with Crippen LogP contribution in [-0.2, 0) is 17.9 Å². The number of ether oxygens (including phenoxy) is 1. The van der Waals surface area contributed by atoms with E-state index in [2.05, 4.69) is 22.3 Å². The summed E-state index contributed by atoms with van der Waals surface area (Å²) in [6, 6.07) is 18.0. The monoisotopic (exact) mass is 410 g/mol. The minimum absolute atomic E-state index is 0.0517. The van der Waals surface area contributed by atoms with Crippen LogP contribution in [0, 0.1) is 6.92 Å². The van der Waals surface area contributed by atoms with Gasteiger partial charge in [-0.1, -0.05) is 54.2 Å². The highest BCUT2D eigenvalue weighted by molar-refractivity contribution is 7.99. The number of nitrogens with zero attached hydrogens (tertiary/aromatic N) is 4. The Kier molecular flexibility index (Phi) is 7.30. The molecular formula is C22H26N4O2S. The van der Waals surface area contributed by atoms with Crippen LogP contribution in [0.3, 0.4) is 0 Å². The molecule has 1 amide bonds. The second-order valence-corrected chi connectivity index (χ2v) is 7.66. The van der Waals surface area contributed by atoms with Crippen molar-refractivity contribution in [2.24, 2.45) is 0 Å². The summed E-state index contributed by atoms with van der Waals surface area (Å²) >= 11 is 1.42. The zero-order valence-corrected chi connectivity index (χ0v) is 17.9. The van der Waals surface area contributed by atoms with E-state index in [1.165, 1.54) is 17.3 Å². The molecule has 2 aromatic carbocycles. The first-order valence-corrected chi connectivity index (χ1v) is 10.6. The van der Waals surface area contributed by atoms with E-state index in [0.717, 1.165) is 22.3 Å². The molecule has 1 aromatic heterocycles. The van der Waals surface area contributed by atoms with Crippen LogP contribution in [-0.4, -0.2) is 45.0 Å². The fraction of sp³-hybridized carbons (Fsp3) is 0.318. The lowest BCUT2D eigenvalue weighted by Crippen LogP contribution is -2.27. The molecule has 0 saturated heterocycles. The summed E-state index contributed by atoms with van der Waals surface area (Å²) in [5.74, 6) is 2.05. The van der Waals surface area contributed by atoms with E-state index < -0.39 is 0 Å². The van der Waals surface area contributed by atoms with Gasteiger partial charge < -0.3 is 14.2 Å². The fourth-order valence-electron chi connectivity index (χ4n) is 2.87. The van der Waals surface area contributed by atoms with E-state index in [0.29, 0.717) is 25.4 Å². The molecule has 6 nitrogen and oxygen atoms in total. The Balaban J connectivity index is 1.56. The molecule has 0 aliphatic heterocycles. The Morgan fingerprint density at radius 1 is 1.07 bits per heavy atom. The number of aryl methyl sites for hydroxylation is 1.